The van der Waals surface area contributed by atoms with Gasteiger partial charge in [0, 0.05) is 4.47 Å². The Hall–Kier alpha value is -2.67. The maximum atomic E-state index is 12.7. The number of hydrogen-bond donors (Lipinski definition) is 3. The molecule has 6 nitrogen and oxygen atoms in total. The zero-order valence-corrected chi connectivity index (χ0v) is 15.4. The Morgan fingerprint density at radius 1 is 1.19 bits per heavy atom. The molecule has 0 heterocycles. The van der Waals surface area contributed by atoms with Gasteiger partial charge in [0.1, 0.15) is 11.6 Å². The van der Waals surface area contributed by atoms with Crippen molar-refractivity contribution in [1.29, 1.82) is 5.41 Å². The molecule has 0 saturated heterocycles. The van der Waals surface area contributed by atoms with E-state index in [1.54, 1.807) is 12.1 Å². The van der Waals surface area contributed by atoms with Crippen LogP contribution in [0.15, 0.2) is 53.0 Å². The first-order valence-electron chi connectivity index (χ1n) is 8.02. The highest BCUT2D eigenvalue weighted by Crippen LogP contribution is 2.48. The molecule has 0 bridgehead atoms. The first kappa shape index (κ1) is 18.1. The lowest BCUT2D eigenvalue weighted by Crippen LogP contribution is -2.38. The number of halogens is 1. The van der Waals surface area contributed by atoms with E-state index in [1.165, 1.54) is 6.07 Å². The molecule has 1 aliphatic carbocycles. The lowest BCUT2D eigenvalue weighted by molar-refractivity contribution is -0.139. The summed E-state index contributed by atoms with van der Waals surface area (Å²) in [6.45, 7) is -0.548. The van der Waals surface area contributed by atoms with Crippen molar-refractivity contribution in [3.05, 3.63) is 64.1 Å². The SMILES string of the molecule is N=C(NC(=O)c1cc(Br)ccc1OCC(=O)O)C1(c2ccccc2)CC1. The van der Waals surface area contributed by atoms with Crippen molar-refractivity contribution in [2.75, 3.05) is 6.61 Å². The monoisotopic (exact) mass is 416 g/mol. The zero-order chi connectivity index (χ0) is 18.7. The van der Waals surface area contributed by atoms with E-state index in [2.05, 4.69) is 21.2 Å². The van der Waals surface area contributed by atoms with Gasteiger partial charge in [0.05, 0.1) is 11.0 Å². The average Bonchev–Trinajstić information content (AvgIpc) is 3.43. The molecule has 1 aliphatic rings. The molecule has 0 radical (unpaired) electrons. The second kappa shape index (κ2) is 7.29. The molecule has 0 spiro atoms. The van der Waals surface area contributed by atoms with Crippen LogP contribution in [0.1, 0.15) is 28.8 Å². The highest BCUT2D eigenvalue weighted by atomic mass is 79.9. The van der Waals surface area contributed by atoms with Gasteiger partial charge in [-0.3, -0.25) is 10.2 Å². The largest absolute Gasteiger partial charge is 0.481 e. The van der Waals surface area contributed by atoms with E-state index in [9.17, 15) is 9.59 Å². The number of hydrogen-bond acceptors (Lipinski definition) is 4. The van der Waals surface area contributed by atoms with Crippen molar-refractivity contribution < 1.29 is 19.4 Å². The van der Waals surface area contributed by atoms with E-state index < -0.39 is 23.9 Å². The predicted octanol–water partition coefficient (Wildman–Crippen LogP) is 3.35. The van der Waals surface area contributed by atoms with Gasteiger partial charge in [0.25, 0.3) is 5.91 Å². The molecule has 0 aromatic heterocycles. The van der Waals surface area contributed by atoms with Gasteiger partial charge in [-0.15, -0.1) is 0 Å². The van der Waals surface area contributed by atoms with Crippen LogP contribution in [0.3, 0.4) is 0 Å². The van der Waals surface area contributed by atoms with Gasteiger partial charge in [0.15, 0.2) is 6.61 Å². The van der Waals surface area contributed by atoms with Gasteiger partial charge in [-0.1, -0.05) is 46.3 Å². The number of rotatable bonds is 6. The topological polar surface area (TPSA) is 99.5 Å². The Labute approximate surface area is 158 Å². The maximum Gasteiger partial charge on any atom is 0.341 e. The number of ether oxygens (including phenoxy) is 1. The molecule has 1 amide bonds. The van der Waals surface area contributed by atoms with Gasteiger partial charge in [-0.25, -0.2) is 4.79 Å². The Morgan fingerprint density at radius 3 is 2.50 bits per heavy atom. The molecule has 2 aromatic rings. The van der Waals surface area contributed by atoms with Crippen LogP contribution in [0.2, 0.25) is 0 Å². The van der Waals surface area contributed by atoms with Crippen LogP contribution in [-0.2, 0) is 10.2 Å². The molecule has 3 rings (SSSR count). The Balaban J connectivity index is 1.79. The first-order chi connectivity index (χ1) is 12.4. The molecular weight excluding hydrogens is 400 g/mol. The number of amidine groups is 1. The first-order valence-corrected chi connectivity index (χ1v) is 8.82. The van der Waals surface area contributed by atoms with Gasteiger partial charge >= 0.3 is 5.97 Å². The molecule has 3 N–H and O–H groups in total. The van der Waals surface area contributed by atoms with Crippen LogP contribution in [0.4, 0.5) is 0 Å². The Kier molecular flexibility index (Phi) is 5.08. The molecule has 7 heteroatoms. The third-order valence-corrected chi connectivity index (χ3v) is 4.82. The zero-order valence-electron chi connectivity index (χ0n) is 13.8. The fraction of sp³-hybridized carbons (Fsp3) is 0.211. The Morgan fingerprint density at radius 2 is 1.88 bits per heavy atom. The van der Waals surface area contributed by atoms with E-state index in [0.29, 0.717) is 4.47 Å². The number of benzene rings is 2. The molecule has 2 aromatic carbocycles. The molecule has 1 fully saturated rings. The van der Waals surface area contributed by atoms with Crippen molar-refractivity contribution in [2.45, 2.75) is 18.3 Å². The molecule has 0 aliphatic heterocycles. The minimum atomic E-state index is -1.13. The number of carboxylic acid groups (broad SMARTS) is 1. The van der Waals surface area contributed by atoms with E-state index in [1.807, 2.05) is 30.3 Å². The van der Waals surface area contributed by atoms with Crippen molar-refractivity contribution in [3.8, 4) is 5.75 Å². The van der Waals surface area contributed by atoms with Crippen molar-refractivity contribution in [1.82, 2.24) is 5.32 Å². The predicted molar refractivity (Wildman–Crippen MR) is 99.8 cm³/mol. The van der Waals surface area contributed by atoms with Gasteiger partial charge in [-0.05, 0) is 36.6 Å². The van der Waals surface area contributed by atoms with Crippen LogP contribution in [0.5, 0.6) is 5.75 Å². The summed E-state index contributed by atoms with van der Waals surface area (Å²) < 4.78 is 5.84. The van der Waals surface area contributed by atoms with E-state index in [4.69, 9.17) is 15.3 Å². The Bertz CT molecular complexity index is 863. The number of nitrogens with one attached hydrogen (secondary N) is 2. The molecule has 134 valence electrons. The second-order valence-corrected chi connectivity index (χ2v) is 7.02. The van der Waals surface area contributed by atoms with Gasteiger partial charge in [-0.2, -0.15) is 0 Å². The second-order valence-electron chi connectivity index (χ2n) is 6.10. The van der Waals surface area contributed by atoms with Crippen LogP contribution in [0, 0.1) is 5.41 Å². The fourth-order valence-electron chi connectivity index (χ4n) is 2.81. The smallest absolute Gasteiger partial charge is 0.341 e. The van der Waals surface area contributed by atoms with Crippen molar-refractivity contribution in [3.63, 3.8) is 0 Å². The highest BCUT2D eigenvalue weighted by molar-refractivity contribution is 9.10. The number of carbonyl (C=O) groups excluding carboxylic acids is 1. The molecule has 1 saturated carbocycles. The summed E-state index contributed by atoms with van der Waals surface area (Å²) in [7, 11) is 0. The number of carboxylic acids is 1. The van der Waals surface area contributed by atoms with Crippen molar-refractivity contribution >= 4 is 33.6 Å². The average molecular weight is 417 g/mol. The summed E-state index contributed by atoms with van der Waals surface area (Å²) in [5, 5.41) is 19.8. The minimum Gasteiger partial charge on any atom is -0.481 e. The normalized spacial score (nSPS) is 14.3. The van der Waals surface area contributed by atoms with Crippen LogP contribution in [-0.4, -0.2) is 29.4 Å². The van der Waals surface area contributed by atoms with E-state index in [0.717, 1.165) is 18.4 Å². The molecule has 26 heavy (non-hydrogen) atoms. The standard InChI is InChI=1S/C19H17BrN2O4/c20-13-6-7-15(26-11-16(23)24)14(10-13)17(25)22-18(21)19(8-9-19)12-4-2-1-3-5-12/h1-7,10H,8-9,11H2,(H,23,24)(H2,21,22,25). The van der Waals surface area contributed by atoms with Gasteiger partial charge < -0.3 is 15.2 Å². The summed E-state index contributed by atoms with van der Waals surface area (Å²) in [5.74, 6) is -1.34. The maximum absolute atomic E-state index is 12.7. The summed E-state index contributed by atoms with van der Waals surface area (Å²) in [6.07, 6.45) is 1.61. The summed E-state index contributed by atoms with van der Waals surface area (Å²) in [6, 6.07) is 14.4. The lowest BCUT2D eigenvalue weighted by Gasteiger charge is -2.19. The summed E-state index contributed by atoms with van der Waals surface area (Å²) >= 11 is 3.29. The van der Waals surface area contributed by atoms with E-state index in [-0.39, 0.29) is 17.1 Å². The third kappa shape index (κ3) is 3.77. The lowest BCUT2D eigenvalue weighted by atomic mass is 9.94. The number of aliphatic carboxylic acids is 1. The molecule has 0 unspecified atom stereocenters. The van der Waals surface area contributed by atoms with Crippen LogP contribution in [0.25, 0.3) is 0 Å². The minimum absolute atomic E-state index is 0.137. The summed E-state index contributed by atoms with van der Waals surface area (Å²) in [5.41, 5.74) is 0.724. The van der Waals surface area contributed by atoms with Gasteiger partial charge in [0.2, 0.25) is 0 Å². The quantitative estimate of drug-likeness (QED) is 0.496. The van der Waals surface area contributed by atoms with E-state index >= 15 is 0 Å². The van der Waals surface area contributed by atoms with Crippen molar-refractivity contribution in [2.24, 2.45) is 0 Å². The molecular formula is C19H17BrN2O4. The number of amides is 1. The van der Waals surface area contributed by atoms with Crippen LogP contribution >= 0.6 is 15.9 Å². The highest BCUT2D eigenvalue weighted by Gasteiger charge is 2.49. The molecule has 0 atom stereocenters. The van der Waals surface area contributed by atoms with Crippen LogP contribution < -0.4 is 10.1 Å². The third-order valence-electron chi connectivity index (χ3n) is 4.33. The summed E-state index contributed by atoms with van der Waals surface area (Å²) in [4.78, 5) is 23.4. The fourth-order valence-corrected chi connectivity index (χ4v) is 3.17. The number of carbonyl (C=O) groups is 2.